The number of carbonyl (C=O) groups excluding carboxylic acids is 2. The molecule has 0 aliphatic carbocycles. The Morgan fingerprint density at radius 3 is 2.53 bits per heavy atom. The number of hydrogen-bond acceptors (Lipinski definition) is 5. The summed E-state index contributed by atoms with van der Waals surface area (Å²) in [6.45, 7) is 2.78. The van der Waals surface area contributed by atoms with Crippen molar-refractivity contribution in [2.45, 2.75) is 40.8 Å². The molecule has 2 aliphatic rings. The van der Waals surface area contributed by atoms with Gasteiger partial charge in [0.15, 0.2) is 0 Å². The summed E-state index contributed by atoms with van der Waals surface area (Å²) in [5.41, 5.74) is 1.19. The van der Waals surface area contributed by atoms with Gasteiger partial charge in [-0.2, -0.15) is 0 Å². The Morgan fingerprint density at radius 2 is 1.83 bits per heavy atom. The first-order valence-electron chi connectivity index (χ1n) is 9.82. The molecule has 2 heterocycles. The summed E-state index contributed by atoms with van der Waals surface area (Å²) in [5.74, 6) is -0.177. The van der Waals surface area contributed by atoms with Gasteiger partial charge in [-0.05, 0) is 50.1 Å². The van der Waals surface area contributed by atoms with Crippen LogP contribution in [0.15, 0.2) is 58.3 Å². The van der Waals surface area contributed by atoms with Crippen molar-refractivity contribution in [1.29, 1.82) is 0 Å². The number of carbonyl (C=O) groups is 2. The minimum atomic E-state index is -3.57. The van der Waals surface area contributed by atoms with Crippen LogP contribution in [0.3, 0.4) is 0 Å². The fourth-order valence-corrected chi connectivity index (χ4v) is 5.87. The van der Waals surface area contributed by atoms with Crippen molar-refractivity contribution in [3.8, 4) is 0 Å². The molecule has 0 aromatic heterocycles. The summed E-state index contributed by atoms with van der Waals surface area (Å²) in [6.07, 6.45) is 1.10. The Labute approximate surface area is 180 Å². The summed E-state index contributed by atoms with van der Waals surface area (Å²) in [5, 5.41) is 2.69. The highest BCUT2D eigenvalue weighted by atomic mass is 32.2. The predicted octanol–water partition coefficient (Wildman–Crippen LogP) is 2.70. The number of rotatable bonds is 4. The Morgan fingerprint density at radius 1 is 1.13 bits per heavy atom. The number of likely N-dealkylation sites (tertiary alicyclic amines) is 1. The first kappa shape index (κ1) is 20.9. The molecule has 1 saturated heterocycles. The van der Waals surface area contributed by atoms with Crippen LogP contribution < -0.4 is 10.0 Å². The zero-order valence-electron chi connectivity index (χ0n) is 16.5. The van der Waals surface area contributed by atoms with Gasteiger partial charge < -0.3 is 10.2 Å². The first-order valence-corrected chi connectivity index (χ1v) is 12.2. The lowest BCUT2D eigenvalue weighted by molar-refractivity contribution is -0.115. The molecule has 0 unspecified atom stereocenters. The maximum absolute atomic E-state index is 12.9. The van der Waals surface area contributed by atoms with Crippen LogP contribution >= 0.6 is 11.8 Å². The van der Waals surface area contributed by atoms with Gasteiger partial charge >= 0.3 is 0 Å². The van der Waals surface area contributed by atoms with Crippen molar-refractivity contribution in [2.24, 2.45) is 0 Å². The van der Waals surface area contributed by atoms with Gasteiger partial charge in [0.05, 0.1) is 15.8 Å². The molecule has 2 aromatic rings. The van der Waals surface area contributed by atoms with Gasteiger partial charge in [-0.1, -0.05) is 18.2 Å². The topological polar surface area (TPSA) is 95.6 Å². The second kappa shape index (κ2) is 8.41. The lowest BCUT2D eigenvalue weighted by Gasteiger charge is -2.32. The molecule has 30 heavy (non-hydrogen) atoms. The highest BCUT2D eigenvalue weighted by Crippen LogP contribution is 2.36. The van der Waals surface area contributed by atoms with Gasteiger partial charge in [0.2, 0.25) is 15.9 Å². The molecule has 0 radical (unpaired) electrons. The van der Waals surface area contributed by atoms with Crippen LogP contribution in [0.25, 0.3) is 0 Å². The van der Waals surface area contributed by atoms with Gasteiger partial charge in [-0.15, -0.1) is 11.8 Å². The number of anilines is 1. The molecule has 9 heteroatoms. The van der Waals surface area contributed by atoms with Crippen LogP contribution in [0.1, 0.15) is 30.1 Å². The molecule has 7 nitrogen and oxygen atoms in total. The number of amides is 2. The fourth-order valence-electron chi connectivity index (χ4n) is 3.61. The molecule has 2 aliphatic heterocycles. The number of nitrogens with one attached hydrogen (secondary N) is 2. The van der Waals surface area contributed by atoms with Crippen molar-refractivity contribution in [2.75, 3.05) is 18.4 Å². The minimum absolute atomic E-state index is 0.0661. The minimum Gasteiger partial charge on any atom is -0.339 e. The third kappa shape index (κ3) is 4.38. The SMILES string of the molecule is C[C@@H]1Sc2ccc(C(=O)N3CCC(NS(=O)(=O)c4ccccc4)CC3)cc2NC1=O. The first-order chi connectivity index (χ1) is 14.3. The van der Waals surface area contributed by atoms with E-state index in [0.29, 0.717) is 37.2 Å². The molecule has 1 fully saturated rings. The number of fused-ring (bicyclic) bond motifs is 1. The second-order valence-corrected chi connectivity index (χ2v) is 10.6. The third-order valence-electron chi connectivity index (χ3n) is 5.31. The molecule has 0 bridgehead atoms. The van der Waals surface area contributed by atoms with Crippen LogP contribution in [0.4, 0.5) is 5.69 Å². The van der Waals surface area contributed by atoms with Crippen LogP contribution in [-0.4, -0.2) is 49.5 Å². The summed E-state index contributed by atoms with van der Waals surface area (Å²) in [7, 11) is -3.57. The Bertz CT molecular complexity index is 1060. The average Bonchev–Trinajstić information content (AvgIpc) is 2.75. The quantitative estimate of drug-likeness (QED) is 0.755. The number of nitrogens with zero attached hydrogens (tertiary/aromatic N) is 1. The van der Waals surface area contributed by atoms with Crippen molar-refractivity contribution in [3.05, 3.63) is 54.1 Å². The van der Waals surface area contributed by atoms with Gasteiger partial charge in [-0.25, -0.2) is 13.1 Å². The van der Waals surface area contributed by atoms with Crippen molar-refractivity contribution >= 4 is 39.3 Å². The maximum Gasteiger partial charge on any atom is 0.253 e. The molecule has 2 amide bonds. The van der Waals surface area contributed by atoms with Gasteiger partial charge in [0.25, 0.3) is 5.91 Å². The highest BCUT2D eigenvalue weighted by molar-refractivity contribution is 8.01. The van der Waals surface area contributed by atoms with Gasteiger partial charge in [0, 0.05) is 29.6 Å². The van der Waals surface area contributed by atoms with Crippen LogP contribution in [0.2, 0.25) is 0 Å². The molecule has 4 rings (SSSR count). The highest BCUT2D eigenvalue weighted by Gasteiger charge is 2.28. The third-order valence-corrected chi connectivity index (χ3v) is 8.03. The molecular weight excluding hydrogens is 422 g/mol. The van der Waals surface area contributed by atoms with Gasteiger partial charge in [0.1, 0.15) is 0 Å². The number of thioether (sulfide) groups is 1. The van der Waals surface area contributed by atoms with E-state index in [1.165, 1.54) is 11.8 Å². The second-order valence-electron chi connectivity index (χ2n) is 7.46. The van der Waals surface area contributed by atoms with E-state index < -0.39 is 10.0 Å². The van der Waals surface area contributed by atoms with E-state index in [1.54, 1.807) is 47.4 Å². The molecule has 2 aromatic carbocycles. The van der Waals surface area contributed by atoms with E-state index in [4.69, 9.17) is 0 Å². The smallest absolute Gasteiger partial charge is 0.253 e. The van der Waals surface area contributed by atoms with Crippen LogP contribution in [0.5, 0.6) is 0 Å². The Balaban J connectivity index is 1.38. The number of piperidine rings is 1. The molecule has 0 spiro atoms. The van der Waals surface area contributed by atoms with E-state index >= 15 is 0 Å². The fraction of sp³-hybridized carbons (Fsp3) is 0.333. The lowest BCUT2D eigenvalue weighted by Crippen LogP contribution is -2.46. The summed E-state index contributed by atoms with van der Waals surface area (Å²) >= 11 is 1.48. The van der Waals surface area contributed by atoms with E-state index in [0.717, 1.165) is 4.90 Å². The number of benzene rings is 2. The standard InChI is InChI=1S/C21H23N3O4S2/c1-14-20(25)22-18-13-15(7-8-19(18)29-14)21(26)24-11-9-16(10-12-24)23-30(27,28)17-5-3-2-4-6-17/h2-8,13-14,16,23H,9-12H2,1H3,(H,22,25)/t14-/m0/s1. The van der Waals surface area contributed by atoms with Crippen molar-refractivity contribution in [3.63, 3.8) is 0 Å². The van der Waals surface area contributed by atoms with E-state index in [1.807, 2.05) is 13.0 Å². The molecule has 158 valence electrons. The Hall–Kier alpha value is -2.36. The largest absolute Gasteiger partial charge is 0.339 e. The molecule has 0 saturated carbocycles. The zero-order valence-corrected chi connectivity index (χ0v) is 18.1. The van der Waals surface area contributed by atoms with Crippen LogP contribution in [-0.2, 0) is 14.8 Å². The number of sulfonamides is 1. The normalized spacial score (nSPS) is 19.8. The van der Waals surface area contributed by atoms with Crippen LogP contribution in [0, 0.1) is 0 Å². The molecule has 2 N–H and O–H groups in total. The predicted molar refractivity (Wildman–Crippen MR) is 116 cm³/mol. The molecule has 1 atom stereocenters. The van der Waals surface area contributed by atoms with E-state index in [2.05, 4.69) is 10.0 Å². The monoisotopic (exact) mass is 445 g/mol. The average molecular weight is 446 g/mol. The molecular formula is C21H23N3O4S2. The summed E-state index contributed by atoms with van der Waals surface area (Å²) in [6, 6.07) is 13.4. The summed E-state index contributed by atoms with van der Waals surface area (Å²) in [4.78, 5) is 27.7. The Kier molecular flexibility index (Phi) is 5.86. The van der Waals surface area contributed by atoms with E-state index in [9.17, 15) is 18.0 Å². The lowest BCUT2D eigenvalue weighted by atomic mass is 10.0. The summed E-state index contributed by atoms with van der Waals surface area (Å²) < 4.78 is 27.7. The van der Waals surface area contributed by atoms with E-state index in [-0.39, 0.29) is 28.0 Å². The zero-order chi connectivity index (χ0) is 21.3. The van der Waals surface area contributed by atoms with Gasteiger partial charge in [-0.3, -0.25) is 9.59 Å². The number of hydrogen-bond donors (Lipinski definition) is 2. The maximum atomic E-state index is 12.9. The van der Waals surface area contributed by atoms with Crippen molar-refractivity contribution < 1.29 is 18.0 Å². The van der Waals surface area contributed by atoms with Crippen molar-refractivity contribution in [1.82, 2.24) is 9.62 Å².